The number of hydrogen-bond donors (Lipinski definition) is 0. The second-order valence-corrected chi connectivity index (χ2v) is 10.4. The van der Waals surface area contributed by atoms with Crippen molar-refractivity contribution < 1.29 is 22.3 Å². The Morgan fingerprint density at radius 2 is 2.22 bits per heavy atom. The molecule has 146 valence electrons. The monoisotopic (exact) mass is 443 g/mol. The Bertz CT molecular complexity index is 1090. The van der Waals surface area contributed by atoms with Crippen LogP contribution in [0.25, 0.3) is 26.4 Å². The summed E-state index contributed by atoms with van der Waals surface area (Å²) in [5.41, 5.74) is 1.08. The van der Waals surface area contributed by atoms with Gasteiger partial charge in [0, 0.05) is 29.7 Å². The zero-order valence-electron chi connectivity index (χ0n) is 15.4. The molecule has 1 aromatic carbocycles. The number of aromatic nitrogens is 1. The number of ether oxygens (including phenoxy) is 1. The lowest BCUT2D eigenvalue weighted by atomic mass is 10.2. The van der Waals surface area contributed by atoms with Gasteiger partial charge in [-0.3, -0.25) is 0 Å². The zero-order valence-corrected chi connectivity index (χ0v) is 18.6. The summed E-state index contributed by atoms with van der Waals surface area (Å²) >= 11 is 5.02. The molecule has 0 amide bonds. The molecule has 0 saturated carbocycles. The topological polar surface area (TPSA) is 70.3 Å². The van der Waals surface area contributed by atoms with Crippen LogP contribution >= 0.6 is 34.4 Å². The minimum atomic E-state index is -4.22. The van der Waals surface area contributed by atoms with Crippen LogP contribution in [0.3, 0.4) is 0 Å². The normalized spacial score (nSPS) is 13.0. The van der Waals surface area contributed by atoms with E-state index in [1.165, 1.54) is 4.91 Å². The number of rotatable bonds is 8. The molecule has 0 N–H and O–H groups in total. The predicted molar refractivity (Wildman–Crippen MR) is 115 cm³/mol. The number of aryl methyl sites for hydroxylation is 1. The Hall–Kier alpha value is -1.13. The van der Waals surface area contributed by atoms with Gasteiger partial charge < -0.3 is 9.29 Å². The lowest BCUT2D eigenvalue weighted by Crippen LogP contribution is -2.36. The summed E-state index contributed by atoms with van der Waals surface area (Å²) < 4.78 is 43.0. The first-order valence-corrected chi connectivity index (χ1v) is 13.0. The van der Waals surface area contributed by atoms with Crippen molar-refractivity contribution in [3.8, 4) is 5.75 Å². The second-order valence-electron chi connectivity index (χ2n) is 5.96. The molecule has 0 unspecified atom stereocenters. The van der Waals surface area contributed by atoms with Gasteiger partial charge in [-0.1, -0.05) is 18.3 Å². The quantitative estimate of drug-likeness (QED) is 0.380. The number of hydrogen-bond acceptors (Lipinski definition) is 7. The lowest BCUT2D eigenvalue weighted by Gasteiger charge is -2.05. The van der Waals surface area contributed by atoms with Crippen LogP contribution in [0, 0.1) is 0 Å². The molecule has 3 rings (SSSR count). The fourth-order valence-electron chi connectivity index (χ4n) is 3.02. The third-order valence-corrected chi connectivity index (χ3v) is 8.00. The van der Waals surface area contributed by atoms with Crippen LogP contribution in [0.2, 0.25) is 0 Å². The molecule has 0 bridgehead atoms. The molecule has 0 saturated heterocycles. The highest BCUT2D eigenvalue weighted by atomic mass is 32.2. The summed E-state index contributed by atoms with van der Waals surface area (Å²) in [4.78, 5) is 1.25. The Labute approximate surface area is 171 Å². The molecular formula is C18H21NO4S4. The van der Waals surface area contributed by atoms with E-state index in [0.717, 1.165) is 37.5 Å². The van der Waals surface area contributed by atoms with E-state index >= 15 is 0 Å². The van der Waals surface area contributed by atoms with Gasteiger partial charge in [0.2, 0.25) is 5.52 Å². The second kappa shape index (κ2) is 8.48. The van der Waals surface area contributed by atoms with E-state index in [1.54, 1.807) is 41.5 Å². The molecule has 9 heteroatoms. The van der Waals surface area contributed by atoms with Crippen molar-refractivity contribution in [1.29, 1.82) is 0 Å². The van der Waals surface area contributed by atoms with E-state index in [4.69, 9.17) is 4.74 Å². The number of benzene rings is 1. The molecule has 0 fully saturated rings. The maximum atomic E-state index is 11.0. The van der Waals surface area contributed by atoms with Gasteiger partial charge >= 0.3 is 0 Å². The molecule has 0 aliphatic carbocycles. The van der Waals surface area contributed by atoms with E-state index in [9.17, 15) is 13.0 Å². The average Bonchev–Trinajstić information content (AvgIpc) is 3.22. The van der Waals surface area contributed by atoms with Crippen LogP contribution in [0.5, 0.6) is 5.75 Å². The third-order valence-electron chi connectivity index (χ3n) is 4.28. The van der Waals surface area contributed by atoms with Gasteiger partial charge in [-0.15, -0.1) is 23.1 Å². The van der Waals surface area contributed by atoms with Gasteiger partial charge in [-0.05, 0) is 29.0 Å². The smallest absolute Gasteiger partial charge is 0.263 e. The number of nitrogens with zero attached hydrogens (tertiary/aromatic N) is 1. The van der Waals surface area contributed by atoms with Crippen molar-refractivity contribution in [3.63, 3.8) is 0 Å². The summed E-state index contributed by atoms with van der Waals surface area (Å²) in [6.45, 7) is 2.60. The highest BCUT2D eigenvalue weighted by molar-refractivity contribution is 8.02. The molecule has 0 radical (unpaired) electrons. The molecule has 0 aliphatic heterocycles. The number of allylic oxidation sites excluding steroid dienone is 1. The maximum absolute atomic E-state index is 11.0. The van der Waals surface area contributed by atoms with Crippen molar-refractivity contribution in [2.45, 2.75) is 26.3 Å². The van der Waals surface area contributed by atoms with Gasteiger partial charge in [0.1, 0.15) is 15.1 Å². The fourth-order valence-corrected chi connectivity index (χ4v) is 6.32. The van der Waals surface area contributed by atoms with Crippen LogP contribution < -0.4 is 9.30 Å². The van der Waals surface area contributed by atoms with E-state index in [0.29, 0.717) is 13.0 Å². The minimum absolute atomic E-state index is 0.294. The summed E-state index contributed by atoms with van der Waals surface area (Å²) in [7, 11) is -2.55. The SMILES string of the molecule is CC/C(=C\c1sc2cc(OC)c3ccsc3c2[n+]1CCCS(=O)(=O)[O-])SC. The van der Waals surface area contributed by atoms with Crippen LogP contribution in [-0.2, 0) is 16.7 Å². The lowest BCUT2D eigenvalue weighted by molar-refractivity contribution is -0.667. The van der Waals surface area contributed by atoms with Crippen molar-refractivity contribution >= 4 is 70.9 Å². The Morgan fingerprint density at radius 1 is 1.44 bits per heavy atom. The minimum Gasteiger partial charge on any atom is -0.748 e. The van der Waals surface area contributed by atoms with Crippen molar-refractivity contribution in [1.82, 2.24) is 0 Å². The van der Waals surface area contributed by atoms with Crippen LogP contribution in [0.15, 0.2) is 22.4 Å². The molecule has 2 heterocycles. The van der Waals surface area contributed by atoms with Crippen LogP contribution in [-0.4, -0.2) is 32.1 Å². The Kier molecular flexibility index (Phi) is 6.47. The number of methoxy groups -OCH3 is 1. The maximum Gasteiger partial charge on any atom is 0.263 e. The van der Waals surface area contributed by atoms with Gasteiger partial charge in [-0.25, -0.2) is 8.42 Å². The largest absolute Gasteiger partial charge is 0.748 e. The van der Waals surface area contributed by atoms with Gasteiger partial charge in [-0.2, -0.15) is 4.57 Å². The van der Waals surface area contributed by atoms with E-state index in [1.807, 2.05) is 17.5 Å². The molecule has 0 spiro atoms. The van der Waals surface area contributed by atoms with E-state index in [2.05, 4.69) is 23.8 Å². The van der Waals surface area contributed by atoms with E-state index in [-0.39, 0.29) is 5.75 Å². The van der Waals surface area contributed by atoms with Gasteiger partial charge in [0.15, 0.2) is 6.54 Å². The summed E-state index contributed by atoms with van der Waals surface area (Å²) in [6, 6.07) is 4.08. The Morgan fingerprint density at radius 3 is 2.85 bits per heavy atom. The molecule has 0 aliphatic rings. The first kappa shape index (κ1) is 20.6. The van der Waals surface area contributed by atoms with Crippen LogP contribution in [0.1, 0.15) is 24.8 Å². The molecule has 5 nitrogen and oxygen atoms in total. The van der Waals surface area contributed by atoms with Crippen molar-refractivity contribution in [2.24, 2.45) is 0 Å². The highest BCUT2D eigenvalue weighted by Crippen LogP contribution is 2.38. The standard InChI is InChI=1S/C18H21NO4S4/c1-4-12(24-3)10-16-19(7-5-9-27(20,21)22)17-15(26-16)11-14(23-2)13-6-8-25-18(13)17/h6,8,10-11H,4-5,7,9H2,1-3H3/b12-10+. The fraction of sp³-hybridized carbons (Fsp3) is 0.389. The Balaban J connectivity index is 2.20. The number of thioether (sulfide) groups is 1. The van der Waals surface area contributed by atoms with Crippen molar-refractivity contribution in [2.75, 3.05) is 19.1 Å². The molecule has 3 aromatic rings. The predicted octanol–water partition coefficient (Wildman–Crippen LogP) is 4.46. The summed E-state index contributed by atoms with van der Waals surface area (Å²) in [5, 5.41) is 4.14. The van der Waals surface area contributed by atoms with Crippen LogP contribution in [0.4, 0.5) is 0 Å². The molecule has 2 aromatic heterocycles. The number of thiophene rings is 1. The summed E-state index contributed by atoms with van der Waals surface area (Å²) in [6.07, 6.45) is 5.44. The molecule has 27 heavy (non-hydrogen) atoms. The summed E-state index contributed by atoms with van der Waals surface area (Å²) in [5.74, 6) is 0.485. The average molecular weight is 444 g/mol. The van der Waals surface area contributed by atoms with Gasteiger partial charge in [0.25, 0.3) is 5.01 Å². The molecular weight excluding hydrogens is 422 g/mol. The van der Waals surface area contributed by atoms with Gasteiger partial charge in [0.05, 0.1) is 17.2 Å². The zero-order chi connectivity index (χ0) is 19.6. The first-order chi connectivity index (χ1) is 12.9. The number of fused-ring (bicyclic) bond motifs is 3. The molecule has 0 atom stereocenters. The first-order valence-electron chi connectivity index (χ1n) is 8.46. The third kappa shape index (κ3) is 4.48. The number of thiazole rings is 1. The van der Waals surface area contributed by atoms with Crippen molar-refractivity contribution in [3.05, 3.63) is 27.4 Å². The highest BCUT2D eigenvalue weighted by Gasteiger charge is 2.24. The van der Waals surface area contributed by atoms with E-state index < -0.39 is 10.1 Å².